The first-order valence-corrected chi connectivity index (χ1v) is 7.73. The van der Waals surface area contributed by atoms with Crippen LogP contribution in [0.4, 0.5) is 4.39 Å². The van der Waals surface area contributed by atoms with Crippen molar-refractivity contribution in [3.63, 3.8) is 0 Å². The number of benzene rings is 1. The van der Waals surface area contributed by atoms with Gasteiger partial charge in [-0.25, -0.2) is 9.37 Å². The van der Waals surface area contributed by atoms with E-state index in [0.717, 1.165) is 23.5 Å². The Balaban J connectivity index is 1.78. The zero-order valence-electron chi connectivity index (χ0n) is 12.6. The van der Waals surface area contributed by atoms with Crippen molar-refractivity contribution in [2.24, 2.45) is 4.99 Å². The number of halogens is 1. The van der Waals surface area contributed by atoms with Crippen molar-refractivity contribution in [3.05, 3.63) is 45.7 Å². The molecule has 1 aromatic heterocycles. The molecule has 0 aliphatic heterocycles. The van der Waals surface area contributed by atoms with Gasteiger partial charge in [0.15, 0.2) is 17.5 Å². The number of aryl methyl sites for hydroxylation is 1. The summed E-state index contributed by atoms with van der Waals surface area (Å²) in [4.78, 5) is 9.62. The summed E-state index contributed by atoms with van der Waals surface area (Å²) >= 11 is 1.68. The third-order valence-electron chi connectivity index (χ3n) is 3.00. The van der Waals surface area contributed by atoms with Gasteiger partial charge in [0, 0.05) is 37.6 Å². The van der Waals surface area contributed by atoms with Crippen LogP contribution in [0.15, 0.2) is 29.4 Å². The number of thiazole rings is 1. The lowest BCUT2D eigenvalue weighted by Gasteiger charge is -2.11. The molecule has 0 amide bonds. The molecule has 1 aromatic carbocycles. The van der Waals surface area contributed by atoms with Crippen LogP contribution in [0.5, 0.6) is 5.75 Å². The molecule has 0 radical (unpaired) electrons. The van der Waals surface area contributed by atoms with Gasteiger partial charge in [-0.3, -0.25) is 4.99 Å². The monoisotopic (exact) mass is 322 g/mol. The van der Waals surface area contributed by atoms with E-state index in [9.17, 15) is 4.39 Å². The molecule has 5 nitrogen and oxygen atoms in total. The Kier molecular flexibility index (Phi) is 5.71. The average molecular weight is 322 g/mol. The molecule has 0 bridgehead atoms. The summed E-state index contributed by atoms with van der Waals surface area (Å²) in [7, 11) is 1.68. The maximum absolute atomic E-state index is 13.2. The number of aliphatic imine (C=N–C) groups is 1. The fourth-order valence-corrected chi connectivity index (χ4v) is 2.66. The van der Waals surface area contributed by atoms with Gasteiger partial charge >= 0.3 is 0 Å². The summed E-state index contributed by atoms with van der Waals surface area (Å²) in [5.74, 6) is -0.326. The van der Waals surface area contributed by atoms with Crippen LogP contribution in [-0.2, 0) is 13.0 Å². The molecule has 0 fully saturated rings. The van der Waals surface area contributed by atoms with Crippen LogP contribution < -0.4 is 10.6 Å². The molecule has 0 unspecified atom stereocenters. The molecule has 3 N–H and O–H groups in total. The summed E-state index contributed by atoms with van der Waals surface area (Å²) in [5, 5.41) is 16.5. The van der Waals surface area contributed by atoms with Crippen LogP contribution in [0.1, 0.15) is 15.4 Å². The fraction of sp³-hybridized carbons (Fsp3) is 0.333. The number of aromatic nitrogens is 1. The first kappa shape index (κ1) is 16.2. The second-order valence-electron chi connectivity index (χ2n) is 4.75. The van der Waals surface area contributed by atoms with E-state index in [2.05, 4.69) is 20.6 Å². The van der Waals surface area contributed by atoms with Crippen LogP contribution >= 0.6 is 11.3 Å². The largest absolute Gasteiger partial charge is 0.505 e. The molecule has 7 heteroatoms. The predicted octanol–water partition coefficient (Wildman–Crippen LogP) is 2.20. The molecule has 2 aromatic rings. The van der Waals surface area contributed by atoms with Gasteiger partial charge in [-0.05, 0) is 24.6 Å². The summed E-state index contributed by atoms with van der Waals surface area (Å²) in [5.41, 5.74) is 0.730. The van der Waals surface area contributed by atoms with E-state index in [1.807, 2.05) is 13.1 Å². The second-order valence-corrected chi connectivity index (χ2v) is 6.07. The van der Waals surface area contributed by atoms with Crippen LogP contribution in [0.25, 0.3) is 0 Å². The molecule has 2 rings (SSSR count). The van der Waals surface area contributed by atoms with Crippen molar-refractivity contribution in [3.8, 4) is 5.75 Å². The molecule has 0 atom stereocenters. The minimum absolute atomic E-state index is 0.343. The molecule has 22 heavy (non-hydrogen) atoms. The molecule has 0 saturated carbocycles. The van der Waals surface area contributed by atoms with Crippen molar-refractivity contribution in [1.29, 1.82) is 0 Å². The Labute approximate surface area is 132 Å². The van der Waals surface area contributed by atoms with Gasteiger partial charge in [-0.15, -0.1) is 11.3 Å². The Hall–Kier alpha value is -2.15. The highest BCUT2D eigenvalue weighted by molar-refractivity contribution is 7.11. The van der Waals surface area contributed by atoms with Gasteiger partial charge in [0.05, 0.1) is 5.01 Å². The van der Waals surface area contributed by atoms with Gasteiger partial charge in [-0.1, -0.05) is 6.07 Å². The molecular formula is C15H19FN4OS. The lowest BCUT2D eigenvalue weighted by molar-refractivity contribution is 0.431. The van der Waals surface area contributed by atoms with Gasteiger partial charge in [-0.2, -0.15) is 0 Å². The van der Waals surface area contributed by atoms with E-state index in [-0.39, 0.29) is 5.75 Å². The SMILES string of the molecule is CN=C(NCCc1ncc(C)s1)NCc1ccc(O)c(F)c1. The van der Waals surface area contributed by atoms with Gasteiger partial charge in [0.1, 0.15) is 0 Å². The number of rotatable bonds is 5. The van der Waals surface area contributed by atoms with Gasteiger partial charge < -0.3 is 15.7 Å². The van der Waals surface area contributed by atoms with Crippen molar-refractivity contribution < 1.29 is 9.50 Å². The lowest BCUT2D eigenvalue weighted by atomic mass is 10.2. The standard InChI is InChI=1S/C15H19FN4OS/c1-10-8-19-14(22-10)5-6-18-15(17-2)20-9-11-3-4-13(21)12(16)7-11/h3-4,7-8,21H,5-6,9H2,1-2H3,(H2,17,18,20). The van der Waals surface area contributed by atoms with Crippen molar-refractivity contribution >= 4 is 17.3 Å². The number of phenols is 1. The molecule has 0 aliphatic rings. The van der Waals surface area contributed by atoms with E-state index in [1.54, 1.807) is 24.5 Å². The fourth-order valence-electron chi connectivity index (χ4n) is 1.87. The third kappa shape index (κ3) is 4.70. The molecule has 1 heterocycles. The Morgan fingerprint density at radius 2 is 2.23 bits per heavy atom. The summed E-state index contributed by atoms with van der Waals surface area (Å²) in [6.07, 6.45) is 2.69. The number of aromatic hydroxyl groups is 1. The van der Waals surface area contributed by atoms with Crippen molar-refractivity contribution in [1.82, 2.24) is 15.6 Å². The lowest BCUT2D eigenvalue weighted by Crippen LogP contribution is -2.37. The summed E-state index contributed by atoms with van der Waals surface area (Å²) in [6, 6.07) is 4.30. The predicted molar refractivity (Wildman–Crippen MR) is 86.8 cm³/mol. The molecule has 0 spiro atoms. The zero-order valence-corrected chi connectivity index (χ0v) is 13.4. The maximum atomic E-state index is 13.2. The molecule has 118 valence electrons. The van der Waals surface area contributed by atoms with Crippen LogP contribution in [0.2, 0.25) is 0 Å². The molecular weight excluding hydrogens is 303 g/mol. The van der Waals surface area contributed by atoms with Crippen LogP contribution in [-0.4, -0.2) is 29.6 Å². The number of nitrogens with zero attached hydrogens (tertiary/aromatic N) is 2. The number of hydrogen-bond donors (Lipinski definition) is 3. The van der Waals surface area contributed by atoms with Crippen LogP contribution in [0.3, 0.4) is 0 Å². The topological polar surface area (TPSA) is 69.5 Å². The van der Waals surface area contributed by atoms with Crippen molar-refractivity contribution in [2.75, 3.05) is 13.6 Å². The average Bonchev–Trinajstić information content (AvgIpc) is 2.91. The Bertz CT molecular complexity index is 657. The molecule has 0 aliphatic carbocycles. The van der Waals surface area contributed by atoms with E-state index in [0.29, 0.717) is 12.5 Å². The Morgan fingerprint density at radius 1 is 1.41 bits per heavy atom. The maximum Gasteiger partial charge on any atom is 0.191 e. The van der Waals surface area contributed by atoms with Crippen LogP contribution in [0, 0.1) is 12.7 Å². The van der Waals surface area contributed by atoms with Crippen molar-refractivity contribution in [2.45, 2.75) is 19.9 Å². The zero-order chi connectivity index (χ0) is 15.9. The highest BCUT2D eigenvalue weighted by Gasteiger charge is 2.04. The van der Waals surface area contributed by atoms with E-state index >= 15 is 0 Å². The van der Waals surface area contributed by atoms with Gasteiger partial charge in [0.2, 0.25) is 0 Å². The first-order chi connectivity index (χ1) is 10.6. The first-order valence-electron chi connectivity index (χ1n) is 6.91. The highest BCUT2D eigenvalue weighted by atomic mass is 32.1. The summed E-state index contributed by atoms with van der Waals surface area (Å²) in [6.45, 7) is 3.18. The minimum Gasteiger partial charge on any atom is -0.505 e. The third-order valence-corrected chi connectivity index (χ3v) is 3.97. The van der Waals surface area contributed by atoms with E-state index in [4.69, 9.17) is 5.11 Å². The van der Waals surface area contributed by atoms with E-state index < -0.39 is 5.82 Å². The highest BCUT2D eigenvalue weighted by Crippen LogP contribution is 2.15. The summed E-state index contributed by atoms with van der Waals surface area (Å²) < 4.78 is 13.2. The minimum atomic E-state index is -0.624. The smallest absolute Gasteiger partial charge is 0.191 e. The number of nitrogens with one attached hydrogen (secondary N) is 2. The second kappa shape index (κ2) is 7.74. The Morgan fingerprint density at radius 3 is 2.86 bits per heavy atom. The van der Waals surface area contributed by atoms with E-state index in [1.165, 1.54) is 17.0 Å². The normalized spacial score (nSPS) is 11.5. The number of hydrogen-bond acceptors (Lipinski definition) is 4. The number of phenolic OH excluding ortho intramolecular Hbond substituents is 1. The van der Waals surface area contributed by atoms with Gasteiger partial charge in [0.25, 0.3) is 0 Å². The quantitative estimate of drug-likeness (QED) is 0.583. The number of guanidine groups is 1. The molecule has 0 saturated heterocycles.